The standard InChI is InChI=1S/C26H30F3NO2/c27-26(28,29)23-9-8-20(25(11-23)32-15-19-6-7-19)10-24-21-13-30(14-22(24)17-31-16-21)12-18-4-2-1-3-5-18/h1-5,8-9,11,19,21-22,24H,6-7,10,12-17H2. The zero-order valence-corrected chi connectivity index (χ0v) is 18.2. The number of benzene rings is 2. The minimum absolute atomic E-state index is 0.379. The molecule has 1 aliphatic carbocycles. The van der Waals surface area contributed by atoms with Gasteiger partial charge in [-0.25, -0.2) is 0 Å². The first-order valence-electron chi connectivity index (χ1n) is 11.6. The van der Waals surface area contributed by atoms with Crippen LogP contribution in [0.4, 0.5) is 13.2 Å². The summed E-state index contributed by atoms with van der Waals surface area (Å²) in [5, 5.41) is 0. The summed E-state index contributed by atoms with van der Waals surface area (Å²) in [6.45, 7) is 4.77. The Morgan fingerprint density at radius 2 is 1.69 bits per heavy atom. The number of nitrogens with zero attached hydrogens (tertiary/aromatic N) is 1. The van der Waals surface area contributed by atoms with E-state index >= 15 is 0 Å². The van der Waals surface area contributed by atoms with Gasteiger partial charge in [-0.15, -0.1) is 0 Å². The Morgan fingerprint density at radius 1 is 0.969 bits per heavy atom. The Kier molecular flexibility index (Phi) is 6.17. The predicted molar refractivity (Wildman–Crippen MR) is 116 cm³/mol. The fourth-order valence-electron chi connectivity index (χ4n) is 5.20. The smallest absolute Gasteiger partial charge is 0.416 e. The number of rotatable bonds is 7. The lowest BCUT2D eigenvalue weighted by molar-refractivity contribution is -0.137. The molecule has 3 fully saturated rings. The van der Waals surface area contributed by atoms with Gasteiger partial charge in [-0.1, -0.05) is 36.4 Å². The van der Waals surface area contributed by atoms with Crippen LogP contribution in [0, 0.1) is 23.7 Å². The van der Waals surface area contributed by atoms with E-state index in [2.05, 4.69) is 29.2 Å². The van der Waals surface area contributed by atoms with Crippen molar-refractivity contribution in [1.82, 2.24) is 4.90 Å². The van der Waals surface area contributed by atoms with Gasteiger partial charge in [0.25, 0.3) is 0 Å². The lowest BCUT2D eigenvalue weighted by Gasteiger charge is -2.47. The molecule has 2 saturated heterocycles. The molecular formula is C26H30F3NO2. The molecule has 0 amide bonds. The lowest BCUT2D eigenvalue weighted by atomic mass is 9.73. The maximum absolute atomic E-state index is 13.3. The Balaban J connectivity index is 1.31. The monoisotopic (exact) mass is 445 g/mol. The second-order valence-electron chi connectivity index (χ2n) is 9.68. The number of ether oxygens (including phenoxy) is 2. The van der Waals surface area contributed by atoms with Crippen molar-refractivity contribution >= 4 is 0 Å². The highest BCUT2D eigenvalue weighted by Crippen LogP contribution is 2.40. The van der Waals surface area contributed by atoms with Gasteiger partial charge in [0, 0.05) is 19.6 Å². The van der Waals surface area contributed by atoms with Crippen molar-refractivity contribution in [2.75, 3.05) is 32.9 Å². The van der Waals surface area contributed by atoms with Crippen LogP contribution in [0.2, 0.25) is 0 Å². The molecule has 2 heterocycles. The number of hydrogen-bond acceptors (Lipinski definition) is 3. The van der Waals surface area contributed by atoms with Gasteiger partial charge in [0.1, 0.15) is 5.75 Å². The van der Waals surface area contributed by atoms with Crippen molar-refractivity contribution in [3.05, 3.63) is 65.2 Å². The van der Waals surface area contributed by atoms with Gasteiger partial charge < -0.3 is 9.47 Å². The van der Waals surface area contributed by atoms with Gasteiger partial charge in [0.05, 0.1) is 25.4 Å². The average molecular weight is 446 g/mol. The Labute approximate surface area is 187 Å². The van der Waals surface area contributed by atoms with E-state index in [4.69, 9.17) is 9.47 Å². The first-order chi connectivity index (χ1) is 15.5. The van der Waals surface area contributed by atoms with Crippen molar-refractivity contribution in [3.63, 3.8) is 0 Å². The molecule has 2 bridgehead atoms. The molecule has 2 aliphatic heterocycles. The molecule has 0 N–H and O–H groups in total. The minimum atomic E-state index is -4.36. The van der Waals surface area contributed by atoms with Crippen molar-refractivity contribution in [3.8, 4) is 5.75 Å². The maximum atomic E-state index is 13.3. The Morgan fingerprint density at radius 3 is 2.34 bits per heavy atom. The highest BCUT2D eigenvalue weighted by Gasteiger charge is 2.41. The van der Waals surface area contributed by atoms with Crippen LogP contribution in [0.1, 0.15) is 29.5 Å². The van der Waals surface area contributed by atoms with E-state index in [0.717, 1.165) is 44.5 Å². The summed E-state index contributed by atoms with van der Waals surface area (Å²) in [7, 11) is 0. The van der Waals surface area contributed by atoms with Crippen LogP contribution in [0.25, 0.3) is 0 Å². The second-order valence-corrected chi connectivity index (χ2v) is 9.68. The molecule has 0 radical (unpaired) electrons. The highest BCUT2D eigenvalue weighted by molar-refractivity contribution is 5.39. The van der Waals surface area contributed by atoms with Gasteiger partial charge in [-0.3, -0.25) is 4.90 Å². The van der Waals surface area contributed by atoms with Crippen LogP contribution < -0.4 is 4.74 Å². The van der Waals surface area contributed by atoms with Crippen molar-refractivity contribution in [2.45, 2.75) is 32.0 Å². The molecule has 0 aromatic heterocycles. The van der Waals surface area contributed by atoms with E-state index in [1.807, 2.05) is 6.07 Å². The summed E-state index contributed by atoms with van der Waals surface area (Å²) in [6.07, 6.45) is -1.40. The molecule has 5 rings (SSSR count). The number of likely N-dealkylation sites (tertiary alicyclic amines) is 1. The van der Waals surface area contributed by atoms with E-state index in [1.165, 1.54) is 17.7 Å². The highest BCUT2D eigenvalue weighted by atomic mass is 19.4. The molecule has 0 spiro atoms. The summed E-state index contributed by atoms with van der Waals surface area (Å²) < 4.78 is 51.7. The average Bonchev–Trinajstić information content (AvgIpc) is 3.58. The fourth-order valence-corrected chi connectivity index (χ4v) is 5.20. The topological polar surface area (TPSA) is 21.7 Å². The zero-order valence-electron chi connectivity index (χ0n) is 18.2. The molecular weight excluding hydrogens is 415 g/mol. The third-order valence-electron chi connectivity index (χ3n) is 7.13. The largest absolute Gasteiger partial charge is 0.493 e. The molecule has 172 valence electrons. The number of alkyl halides is 3. The normalized spacial score (nSPS) is 26.2. The van der Waals surface area contributed by atoms with E-state index in [-0.39, 0.29) is 0 Å². The summed E-state index contributed by atoms with van der Waals surface area (Å²) in [4.78, 5) is 2.50. The first kappa shape index (κ1) is 21.8. The Bertz CT molecular complexity index is 899. The molecule has 2 aromatic carbocycles. The molecule has 3 nitrogen and oxygen atoms in total. The van der Waals surface area contributed by atoms with Gasteiger partial charge in [0.2, 0.25) is 0 Å². The third-order valence-corrected chi connectivity index (χ3v) is 7.13. The second kappa shape index (κ2) is 9.06. The predicted octanol–water partition coefficient (Wildman–Crippen LogP) is 5.43. The number of hydrogen-bond donors (Lipinski definition) is 0. The van der Waals surface area contributed by atoms with Crippen LogP contribution in [-0.2, 0) is 23.9 Å². The van der Waals surface area contributed by atoms with Crippen molar-refractivity contribution < 1.29 is 22.6 Å². The number of halogens is 3. The summed E-state index contributed by atoms with van der Waals surface area (Å²) in [6, 6.07) is 14.5. The third kappa shape index (κ3) is 5.12. The molecule has 3 aliphatic rings. The maximum Gasteiger partial charge on any atom is 0.416 e. The van der Waals surface area contributed by atoms with Crippen LogP contribution in [0.5, 0.6) is 5.75 Å². The molecule has 32 heavy (non-hydrogen) atoms. The summed E-state index contributed by atoms with van der Waals surface area (Å²) in [5.74, 6) is 2.06. The van der Waals surface area contributed by atoms with E-state index < -0.39 is 11.7 Å². The number of piperidine rings is 1. The molecule has 6 heteroatoms. The van der Waals surface area contributed by atoms with Gasteiger partial charge in [-0.05, 0) is 66.2 Å². The Hall–Kier alpha value is -2.05. The molecule has 2 atom stereocenters. The summed E-state index contributed by atoms with van der Waals surface area (Å²) >= 11 is 0. The quantitative estimate of drug-likeness (QED) is 0.567. The van der Waals surface area contributed by atoms with Gasteiger partial charge in [0.15, 0.2) is 0 Å². The van der Waals surface area contributed by atoms with Crippen molar-refractivity contribution in [2.24, 2.45) is 23.7 Å². The van der Waals surface area contributed by atoms with Gasteiger partial charge in [-0.2, -0.15) is 13.2 Å². The number of fused-ring (bicyclic) bond motifs is 2. The van der Waals surface area contributed by atoms with Crippen LogP contribution in [0.15, 0.2) is 48.5 Å². The zero-order chi connectivity index (χ0) is 22.1. The lowest BCUT2D eigenvalue weighted by Crippen LogP contribution is -2.52. The SMILES string of the molecule is FC(F)(F)c1ccc(CC2C3COCC2CN(Cc2ccccc2)C3)c(OCC2CC2)c1. The fraction of sp³-hybridized carbons (Fsp3) is 0.538. The minimum Gasteiger partial charge on any atom is -0.493 e. The van der Waals surface area contributed by atoms with Crippen LogP contribution >= 0.6 is 0 Å². The molecule has 2 unspecified atom stereocenters. The van der Waals surface area contributed by atoms with E-state index in [1.54, 1.807) is 6.07 Å². The molecule has 1 saturated carbocycles. The summed E-state index contributed by atoms with van der Waals surface area (Å²) in [5.41, 5.74) is 1.58. The van der Waals surface area contributed by atoms with Crippen LogP contribution in [0.3, 0.4) is 0 Å². The van der Waals surface area contributed by atoms with Gasteiger partial charge >= 0.3 is 6.18 Å². The van der Waals surface area contributed by atoms with Crippen LogP contribution in [-0.4, -0.2) is 37.8 Å². The first-order valence-corrected chi connectivity index (χ1v) is 11.6. The van der Waals surface area contributed by atoms with Crippen molar-refractivity contribution in [1.29, 1.82) is 0 Å². The van der Waals surface area contributed by atoms with E-state index in [0.29, 0.717) is 49.2 Å². The molecule has 2 aromatic rings. The van der Waals surface area contributed by atoms with E-state index in [9.17, 15) is 13.2 Å².